The lowest BCUT2D eigenvalue weighted by atomic mass is 10.1. The number of methoxy groups -OCH3 is 3. The molecule has 3 amide bonds. The van der Waals surface area contributed by atoms with E-state index in [2.05, 4.69) is 5.32 Å². The third-order valence-electron chi connectivity index (χ3n) is 6.63. The van der Waals surface area contributed by atoms with E-state index in [1.807, 2.05) is 18.2 Å². The zero-order valence-corrected chi connectivity index (χ0v) is 23.2. The topological polar surface area (TPSA) is 107 Å². The Morgan fingerprint density at radius 3 is 2.30 bits per heavy atom. The van der Waals surface area contributed by atoms with Gasteiger partial charge in [0.05, 0.1) is 45.8 Å². The van der Waals surface area contributed by atoms with Crippen LogP contribution < -0.4 is 24.4 Å². The molecule has 0 spiro atoms. The van der Waals surface area contributed by atoms with Gasteiger partial charge in [0.25, 0.3) is 11.8 Å². The van der Waals surface area contributed by atoms with Crippen LogP contribution in [-0.4, -0.2) is 76.8 Å². The number of anilines is 2. The fourth-order valence-corrected chi connectivity index (χ4v) is 5.72. The van der Waals surface area contributed by atoms with Crippen molar-refractivity contribution in [3.63, 3.8) is 0 Å². The van der Waals surface area contributed by atoms with Crippen LogP contribution in [0.25, 0.3) is 0 Å². The van der Waals surface area contributed by atoms with E-state index in [4.69, 9.17) is 18.9 Å². The summed E-state index contributed by atoms with van der Waals surface area (Å²) in [5, 5.41) is 2.83. The summed E-state index contributed by atoms with van der Waals surface area (Å²) in [6, 6.07) is 15.8. The fraction of sp³-hybridized carbons (Fsp3) is 0.276. The lowest BCUT2D eigenvalue weighted by Gasteiger charge is -2.28. The zero-order chi connectivity index (χ0) is 28.2. The number of hydrogen-bond acceptors (Lipinski definition) is 8. The fourth-order valence-electron chi connectivity index (χ4n) is 4.66. The first kappa shape index (κ1) is 27.4. The SMILES string of the molecule is COc1cc(NC(=O)CN2C(=O)c3ccccc3Sc3ccc(C(=O)N4CCOCC4)cc32)cc(OC)c1OC. The number of hydrogen-bond donors (Lipinski definition) is 1. The molecule has 0 saturated carbocycles. The normalized spacial score (nSPS) is 14.5. The van der Waals surface area contributed by atoms with Crippen LogP contribution in [0.4, 0.5) is 11.4 Å². The lowest BCUT2D eigenvalue weighted by molar-refractivity contribution is -0.114. The number of ether oxygens (including phenoxy) is 4. The van der Waals surface area contributed by atoms with Crippen LogP contribution in [0.3, 0.4) is 0 Å². The van der Waals surface area contributed by atoms with Crippen LogP contribution in [0.15, 0.2) is 64.4 Å². The molecule has 0 radical (unpaired) electrons. The number of amides is 3. The molecule has 0 aliphatic carbocycles. The Morgan fingerprint density at radius 1 is 0.925 bits per heavy atom. The second-order valence-electron chi connectivity index (χ2n) is 9.04. The maximum atomic E-state index is 13.8. The molecule has 0 aromatic heterocycles. The van der Waals surface area contributed by atoms with Gasteiger partial charge >= 0.3 is 0 Å². The van der Waals surface area contributed by atoms with Crippen molar-refractivity contribution in [1.29, 1.82) is 0 Å². The summed E-state index contributed by atoms with van der Waals surface area (Å²) in [5.74, 6) is 0.230. The Bertz CT molecular complexity index is 1430. The molecule has 0 atom stereocenters. The lowest BCUT2D eigenvalue weighted by Crippen LogP contribution is -2.41. The first-order chi connectivity index (χ1) is 19.4. The van der Waals surface area contributed by atoms with E-state index in [1.165, 1.54) is 38.0 Å². The highest BCUT2D eigenvalue weighted by atomic mass is 32.2. The van der Waals surface area contributed by atoms with Gasteiger partial charge in [-0.3, -0.25) is 19.3 Å². The van der Waals surface area contributed by atoms with E-state index in [9.17, 15) is 14.4 Å². The summed E-state index contributed by atoms with van der Waals surface area (Å²) in [6.07, 6.45) is 0. The van der Waals surface area contributed by atoms with Gasteiger partial charge in [-0.25, -0.2) is 0 Å². The second-order valence-corrected chi connectivity index (χ2v) is 10.1. The molecule has 40 heavy (non-hydrogen) atoms. The highest BCUT2D eigenvalue weighted by molar-refractivity contribution is 7.99. The molecule has 2 aliphatic heterocycles. The summed E-state index contributed by atoms with van der Waals surface area (Å²) in [6.45, 7) is 1.67. The van der Waals surface area contributed by atoms with Gasteiger partial charge in [0, 0.05) is 46.3 Å². The highest BCUT2D eigenvalue weighted by Crippen LogP contribution is 2.42. The van der Waals surface area contributed by atoms with Crippen molar-refractivity contribution in [1.82, 2.24) is 4.90 Å². The Balaban J connectivity index is 1.48. The van der Waals surface area contributed by atoms with Crippen LogP contribution >= 0.6 is 11.8 Å². The molecule has 5 rings (SSSR count). The standard InChI is InChI=1S/C29H29N3O7S/c1-36-22-15-19(16-23(37-2)27(22)38-3)30-26(33)17-32-21-14-18(28(34)31-10-12-39-13-11-31)8-9-25(21)40-24-7-5-4-6-20(24)29(32)35/h4-9,14-16H,10-13,17H2,1-3H3,(H,30,33). The second kappa shape index (κ2) is 11.9. The van der Waals surface area contributed by atoms with E-state index in [0.29, 0.717) is 66.1 Å². The number of fused-ring (bicyclic) bond motifs is 2. The number of morpholine rings is 1. The number of carbonyl (C=O) groups excluding carboxylic acids is 3. The maximum Gasteiger partial charge on any atom is 0.259 e. The minimum atomic E-state index is -0.442. The summed E-state index contributed by atoms with van der Waals surface area (Å²) in [5.41, 5.74) is 1.82. The van der Waals surface area contributed by atoms with Crippen LogP contribution in [-0.2, 0) is 9.53 Å². The Kier molecular flexibility index (Phi) is 8.13. The van der Waals surface area contributed by atoms with Gasteiger partial charge in [0.15, 0.2) is 11.5 Å². The molecule has 1 saturated heterocycles. The Labute approximate surface area is 236 Å². The summed E-state index contributed by atoms with van der Waals surface area (Å²) < 4.78 is 21.5. The average molecular weight is 564 g/mol. The third kappa shape index (κ3) is 5.43. The molecule has 2 heterocycles. The van der Waals surface area contributed by atoms with Crippen molar-refractivity contribution >= 4 is 40.9 Å². The van der Waals surface area contributed by atoms with Crippen LogP contribution in [0.2, 0.25) is 0 Å². The van der Waals surface area contributed by atoms with Crippen LogP contribution in [0.5, 0.6) is 17.2 Å². The average Bonchev–Trinajstić information content (AvgIpc) is 3.10. The van der Waals surface area contributed by atoms with Crippen LogP contribution in [0.1, 0.15) is 20.7 Å². The first-order valence-electron chi connectivity index (χ1n) is 12.6. The van der Waals surface area contributed by atoms with E-state index in [1.54, 1.807) is 41.3 Å². The molecule has 0 unspecified atom stereocenters. The molecule has 1 N–H and O–H groups in total. The van der Waals surface area contributed by atoms with E-state index in [0.717, 1.165) is 9.79 Å². The zero-order valence-electron chi connectivity index (χ0n) is 22.4. The predicted octanol–water partition coefficient (Wildman–Crippen LogP) is 3.93. The number of carbonyl (C=O) groups is 3. The molecule has 11 heteroatoms. The predicted molar refractivity (Wildman–Crippen MR) is 150 cm³/mol. The third-order valence-corrected chi connectivity index (χ3v) is 7.77. The molecule has 208 valence electrons. The molecule has 1 fully saturated rings. The number of nitrogens with one attached hydrogen (secondary N) is 1. The smallest absolute Gasteiger partial charge is 0.259 e. The van der Waals surface area contributed by atoms with Crippen LogP contribution in [0, 0.1) is 0 Å². The molecule has 3 aromatic carbocycles. The van der Waals surface area contributed by atoms with E-state index >= 15 is 0 Å². The largest absolute Gasteiger partial charge is 0.493 e. The van der Waals surface area contributed by atoms with E-state index < -0.39 is 5.91 Å². The Hall–Kier alpha value is -4.22. The first-order valence-corrected chi connectivity index (χ1v) is 13.4. The minimum absolute atomic E-state index is 0.146. The Morgan fingerprint density at radius 2 is 1.62 bits per heavy atom. The molecule has 3 aromatic rings. The van der Waals surface area contributed by atoms with Gasteiger partial charge in [-0.2, -0.15) is 0 Å². The van der Waals surface area contributed by atoms with Crippen molar-refractivity contribution in [3.05, 3.63) is 65.7 Å². The van der Waals surface area contributed by atoms with Gasteiger partial charge in [-0.15, -0.1) is 0 Å². The van der Waals surface area contributed by atoms with Gasteiger partial charge in [0.2, 0.25) is 11.7 Å². The number of rotatable bonds is 7. The van der Waals surface area contributed by atoms with Crippen molar-refractivity contribution in [2.24, 2.45) is 0 Å². The van der Waals surface area contributed by atoms with Crippen molar-refractivity contribution in [2.45, 2.75) is 9.79 Å². The van der Waals surface area contributed by atoms with Gasteiger partial charge in [-0.05, 0) is 30.3 Å². The monoisotopic (exact) mass is 563 g/mol. The summed E-state index contributed by atoms with van der Waals surface area (Å²) in [7, 11) is 4.47. The molecule has 0 bridgehead atoms. The quantitative estimate of drug-likeness (QED) is 0.461. The maximum absolute atomic E-state index is 13.8. The van der Waals surface area contributed by atoms with Crippen molar-refractivity contribution in [3.8, 4) is 17.2 Å². The molecular weight excluding hydrogens is 534 g/mol. The van der Waals surface area contributed by atoms with Crippen molar-refractivity contribution in [2.75, 3.05) is 64.4 Å². The van der Waals surface area contributed by atoms with Crippen molar-refractivity contribution < 1.29 is 33.3 Å². The molecular formula is C29H29N3O7S. The highest BCUT2D eigenvalue weighted by Gasteiger charge is 2.30. The van der Waals surface area contributed by atoms with Gasteiger partial charge < -0.3 is 29.2 Å². The van der Waals surface area contributed by atoms with Gasteiger partial charge in [0.1, 0.15) is 6.54 Å². The van der Waals surface area contributed by atoms with E-state index in [-0.39, 0.29) is 18.4 Å². The molecule has 2 aliphatic rings. The number of benzene rings is 3. The minimum Gasteiger partial charge on any atom is -0.493 e. The summed E-state index contributed by atoms with van der Waals surface area (Å²) in [4.78, 5) is 45.1. The summed E-state index contributed by atoms with van der Waals surface area (Å²) >= 11 is 1.43. The van der Waals surface area contributed by atoms with Gasteiger partial charge in [-0.1, -0.05) is 23.9 Å². The number of nitrogens with zero attached hydrogens (tertiary/aromatic N) is 2. The molecule has 10 nitrogen and oxygen atoms in total.